The van der Waals surface area contributed by atoms with Gasteiger partial charge >= 0.3 is 0 Å². The number of carbonyl (C=O) groups is 1. The second kappa shape index (κ2) is 6.15. The second-order valence-corrected chi connectivity index (χ2v) is 6.62. The molecule has 0 N–H and O–H groups in total. The Labute approximate surface area is 126 Å². The Morgan fingerprint density at radius 3 is 2.45 bits per heavy atom. The summed E-state index contributed by atoms with van der Waals surface area (Å²) in [6.07, 6.45) is 0. The van der Waals surface area contributed by atoms with Gasteiger partial charge in [0.1, 0.15) is 5.78 Å². The van der Waals surface area contributed by atoms with Gasteiger partial charge in [-0.25, -0.2) is 0 Å². The monoisotopic (exact) mass is 294 g/mol. The van der Waals surface area contributed by atoms with E-state index in [1.54, 1.807) is 6.92 Å². The Morgan fingerprint density at radius 2 is 1.90 bits per heavy atom. The predicted molar refractivity (Wildman–Crippen MR) is 84.6 cm³/mol. The molecule has 0 atom stereocenters. The van der Waals surface area contributed by atoms with Gasteiger partial charge in [-0.1, -0.05) is 31.5 Å². The first kappa shape index (κ1) is 15.3. The van der Waals surface area contributed by atoms with E-state index in [-0.39, 0.29) is 11.2 Å². The molecule has 1 aliphatic rings. The van der Waals surface area contributed by atoms with Crippen LogP contribution in [0.25, 0.3) is 0 Å². The van der Waals surface area contributed by atoms with Crippen molar-refractivity contribution in [2.45, 2.75) is 20.8 Å². The molecule has 1 fully saturated rings. The average Bonchev–Trinajstić information content (AvgIpc) is 2.39. The Hall–Kier alpha value is -1.06. The van der Waals surface area contributed by atoms with Gasteiger partial charge in [0.2, 0.25) is 0 Å². The molecule has 1 aromatic rings. The summed E-state index contributed by atoms with van der Waals surface area (Å²) in [7, 11) is 0. The highest BCUT2D eigenvalue weighted by Gasteiger charge is 2.28. The molecule has 0 saturated carbocycles. The lowest BCUT2D eigenvalue weighted by atomic mass is 9.88. The molecule has 1 heterocycles. The Morgan fingerprint density at radius 1 is 1.25 bits per heavy atom. The molecule has 1 aliphatic heterocycles. The van der Waals surface area contributed by atoms with Crippen LogP contribution in [0.5, 0.6) is 0 Å². The van der Waals surface area contributed by atoms with E-state index in [0.29, 0.717) is 0 Å². The summed E-state index contributed by atoms with van der Waals surface area (Å²) < 4.78 is 0. The summed E-state index contributed by atoms with van der Waals surface area (Å²) in [5.74, 6) is 0.259. The van der Waals surface area contributed by atoms with E-state index < -0.39 is 0 Å². The van der Waals surface area contributed by atoms with E-state index in [2.05, 4.69) is 15.9 Å². The van der Waals surface area contributed by atoms with Crippen LogP contribution in [0.1, 0.15) is 20.8 Å². The van der Waals surface area contributed by atoms with Crippen LogP contribution in [-0.2, 0) is 4.79 Å². The molecule has 110 valence electrons. The SMILES string of the molecule is CC(=O)C(C)(C)CN1CCN(c2cccc(Cl)c2)CC1. The number of rotatable bonds is 4. The fourth-order valence-corrected chi connectivity index (χ4v) is 2.69. The molecule has 0 aromatic heterocycles. The van der Waals surface area contributed by atoms with Crippen molar-refractivity contribution in [3.8, 4) is 0 Å². The third kappa shape index (κ3) is 3.74. The summed E-state index contributed by atoms with van der Waals surface area (Å²) in [4.78, 5) is 16.3. The standard InChI is InChI=1S/C16H23ClN2O/c1-13(20)16(2,3)12-18-7-9-19(10-8-18)15-6-4-5-14(17)11-15/h4-6,11H,7-10,12H2,1-3H3. The van der Waals surface area contributed by atoms with Crippen molar-refractivity contribution >= 4 is 23.1 Å². The maximum Gasteiger partial charge on any atom is 0.136 e. The van der Waals surface area contributed by atoms with E-state index in [0.717, 1.165) is 37.7 Å². The maximum atomic E-state index is 11.6. The van der Waals surface area contributed by atoms with Crippen LogP contribution in [0.4, 0.5) is 5.69 Å². The number of carbonyl (C=O) groups excluding carboxylic acids is 1. The number of piperazine rings is 1. The smallest absolute Gasteiger partial charge is 0.136 e. The number of halogens is 1. The van der Waals surface area contributed by atoms with Crippen LogP contribution in [0.2, 0.25) is 5.02 Å². The van der Waals surface area contributed by atoms with E-state index in [1.807, 2.05) is 32.0 Å². The second-order valence-electron chi connectivity index (χ2n) is 6.18. The first-order valence-electron chi connectivity index (χ1n) is 7.12. The van der Waals surface area contributed by atoms with Gasteiger partial charge in [-0.3, -0.25) is 9.69 Å². The molecule has 20 heavy (non-hydrogen) atoms. The largest absolute Gasteiger partial charge is 0.369 e. The molecule has 0 bridgehead atoms. The number of Topliss-reactive ketones (excluding diaryl/α,β-unsaturated/α-hetero) is 1. The summed E-state index contributed by atoms with van der Waals surface area (Å²) in [5, 5.41) is 0.780. The zero-order valence-corrected chi connectivity index (χ0v) is 13.3. The number of ketones is 1. The zero-order chi connectivity index (χ0) is 14.8. The highest BCUT2D eigenvalue weighted by Crippen LogP contribution is 2.23. The first-order chi connectivity index (χ1) is 9.38. The van der Waals surface area contributed by atoms with Gasteiger partial charge in [0, 0.05) is 48.8 Å². The summed E-state index contributed by atoms with van der Waals surface area (Å²) in [6.45, 7) is 10.5. The van der Waals surface area contributed by atoms with Gasteiger partial charge in [0.25, 0.3) is 0 Å². The van der Waals surface area contributed by atoms with Crippen molar-refractivity contribution < 1.29 is 4.79 Å². The Kier molecular flexibility index (Phi) is 4.71. The van der Waals surface area contributed by atoms with E-state index in [9.17, 15) is 4.79 Å². The van der Waals surface area contributed by atoms with Crippen LogP contribution in [0.15, 0.2) is 24.3 Å². The third-order valence-corrected chi connectivity index (χ3v) is 4.35. The van der Waals surface area contributed by atoms with Crippen molar-refractivity contribution in [3.05, 3.63) is 29.3 Å². The fraction of sp³-hybridized carbons (Fsp3) is 0.562. The minimum Gasteiger partial charge on any atom is -0.369 e. The van der Waals surface area contributed by atoms with Gasteiger partial charge < -0.3 is 4.90 Å². The van der Waals surface area contributed by atoms with Crippen LogP contribution >= 0.6 is 11.6 Å². The van der Waals surface area contributed by atoms with E-state index in [1.165, 1.54) is 5.69 Å². The Balaban J connectivity index is 1.91. The molecule has 0 spiro atoms. The van der Waals surface area contributed by atoms with Crippen LogP contribution in [-0.4, -0.2) is 43.4 Å². The third-order valence-electron chi connectivity index (χ3n) is 4.12. The van der Waals surface area contributed by atoms with Gasteiger partial charge in [-0.15, -0.1) is 0 Å². The quantitative estimate of drug-likeness (QED) is 0.853. The van der Waals surface area contributed by atoms with E-state index >= 15 is 0 Å². The van der Waals surface area contributed by atoms with Crippen molar-refractivity contribution in [3.63, 3.8) is 0 Å². The van der Waals surface area contributed by atoms with Crippen LogP contribution < -0.4 is 4.90 Å². The van der Waals surface area contributed by atoms with Crippen LogP contribution in [0.3, 0.4) is 0 Å². The molecule has 1 saturated heterocycles. The van der Waals surface area contributed by atoms with Gasteiger partial charge in [-0.05, 0) is 25.1 Å². The topological polar surface area (TPSA) is 23.6 Å². The number of nitrogens with zero attached hydrogens (tertiary/aromatic N) is 2. The number of benzene rings is 1. The summed E-state index contributed by atoms with van der Waals surface area (Å²) >= 11 is 6.04. The lowest BCUT2D eigenvalue weighted by Gasteiger charge is -2.39. The molecule has 1 aromatic carbocycles. The van der Waals surface area contributed by atoms with Gasteiger partial charge in [0.05, 0.1) is 0 Å². The number of hydrogen-bond acceptors (Lipinski definition) is 3. The molecule has 3 nitrogen and oxygen atoms in total. The average molecular weight is 295 g/mol. The normalized spacial score (nSPS) is 17.3. The zero-order valence-electron chi connectivity index (χ0n) is 12.5. The highest BCUT2D eigenvalue weighted by molar-refractivity contribution is 6.30. The minimum atomic E-state index is -0.252. The van der Waals surface area contributed by atoms with Crippen molar-refractivity contribution in [1.29, 1.82) is 0 Å². The summed E-state index contributed by atoms with van der Waals surface area (Å²) in [6, 6.07) is 8.00. The van der Waals surface area contributed by atoms with Crippen LogP contribution in [0, 0.1) is 5.41 Å². The minimum absolute atomic E-state index is 0.252. The molecular weight excluding hydrogens is 272 g/mol. The molecule has 0 aliphatic carbocycles. The molecule has 0 radical (unpaired) electrons. The fourth-order valence-electron chi connectivity index (χ4n) is 2.51. The number of hydrogen-bond donors (Lipinski definition) is 0. The lowest BCUT2D eigenvalue weighted by Crippen LogP contribution is -2.50. The molecule has 4 heteroatoms. The molecular formula is C16H23ClN2O. The van der Waals surface area contributed by atoms with Gasteiger partial charge in [-0.2, -0.15) is 0 Å². The van der Waals surface area contributed by atoms with Gasteiger partial charge in [0.15, 0.2) is 0 Å². The van der Waals surface area contributed by atoms with Crippen molar-refractivity contribution in [2.24, 2.45) is 5.41 Å². The van der Waals surface area contributed by atoms with Crippen molar-refractivity contribution in [2.75, 3.05) is 37.6 Å². The first-order valence-corrected chi connectivity index (χ1v) is 7.50. The number of anilines is 1. The maximum absolute atomic E-state index is 11.6. The summed E-state index contributed by atoms with van der Waals surface area (Å²) in [5.41, 5.74) is 0.932. The highest BCUT2D eigenvalue weighted by atomic mass is 35.5. The molecule has 0 amide bonds. The van der Waals surface area contributed by atoms with Crippen molar-refractivity contribution in [1.82, 2.24) is 4.90 Å². The van der Waals surface area contributed by atoms with E-state index in [4.69, 9.17) is 11.6 Å². The molecule has 2 rings (SSSR count). The Bertz CT molecular complexity index is 479. The molecule has 0 unspecified atom stereocenters. The predicted octanol–water partition coefficient (Wildman–Crippen LogP) is 3.08. The lowest BCUT2D eigenvalue weighted by molar-refractivity contribution is -0.125.